The van der Waals surface area contributed by atoms with Crippen molar-refractivity contribution in [1.82, 2.24) is 19.9 Å². The first-order chi connectivity index (χ1) is 15.7. The molecule has 2 aliphatic heterocycles. The number of aromatic amines is 2. The third kappa shape index (κ3) is 5.58. The molecule has 0 spiro atoms. The van der Waals surface area contributed by atoms with Crippen LogP contribution in [0.15, 0.2) is 72.8 Å². The molecule has 0 aliphatic carbocycles. The number of nitrogens with zero attached hydrogens (tertiary/aromatic N) is 2. The monoisotopic (exact) mass is 470 g/mol. The van der Waals surface area contributed by atoms with Gasteiger partial charge in [-0.15, -0.1) is 35.9 Å². The van der Waals surface area contributed by atoms with Crippen LogP contribution in [-0.4, -0.2) is 19.9 Å². The summed E-state index contributed by atoms with van der Waals surface area (Å²) in [5.74, 6) is 2.47. The predicted molar refractivity (Wildman–Crippen MR) is 132 cm³/mol. The molecule has 2 N–H and O–H groups in total. The molecule has 5 heteroatoms. The summed E-state index contributed by atoms with van der Waals surface area (Å²) in [6.45, 7) is 0. The van der Waals surface area contributed by atoms with Crippen molar-refractivity contribution >= 4 is 46.4 Å². The largest absolute Gasteiger partial charge is 0.355 e. The van der Waals surface area contributed by atoms with Gasteiger partial charge in [-0.2, -0.15) is 12.3 Å². The maximum atomic E-state index is 5.07. The van der Waals surface area contributed by atoms with Crippen LogP contribution in [0.2, 0.25) is 0 Å². The molecule has 6 rings (SSSR count). The van der Waals surface area contributed by atoms with Gasteiger partial charge in [-0.1, -0.05) is 0 Å². The van der Waals surface area contributed by atoms with E-state index in [-0.39, 0.29) is 16.8 Å². The van der Waals surface area contributed by atoms with Crippen LogP contribution in [0.5, 0.6) is 0 Å². The second kappa shape index (κ2) is 10.0. The Morgan fingerprint density at radius 3 is 1.55 bits per heavy atom. The summed E-state index contributed by atoms with van der Waals surface area (Å²) < 4.78 is 0. The molecule has 3 aromatic heterocycles. The minimum absolute atomic E-state index is 0. The summed E-state index contributed by atoms with van der Waals surface area (Å²) in [4.78, 5) is 16.0. The summed E-state index contributed by atoms with van der Waals surface area (Å²) in [5, 5.41) is 0. The molecule has 2 aliphatic rings. The number of rotatable bonds is 0. The molecular weight excluding hydrogens is 451 g/mol. The van der Waals surface area contributed by atoms with Gasteiger partial charge in [0.25, 0.3) is 0 Å². The van der Waals surface area contributed by atoms with Gasteiger partial charge in [-0.3, -0.25) is 0 Å². The van der Waals surface area contributed by atoms with Crippen LogP contribution >= 0.6 is 0 Å². The number of hydrogen-bond acceptors (Lipinski definition) is 2. The average molecular weight is 470 g/mol. The molecule has 33 heavy (non-hydrogen) atoms. The van der Waals surface area contributed by atoms with E-state index in [1.165, 1.54) is 0 Å². The average Bonchev–Trinajstić information content (AvgIpc) is 3.61. The fourth-order valence-electron chi connectivity index (χ4n) is 3.43. The normalized spacial score (nSPS) is 11.1. The van der Waals surface area contributed by atoms with Gasteiger partial charge in [0.15, 0.2) is 0 Å². The summed E-state index contributed by atoms with van der Waals surface area (Å²) in [7, 11) is 0. The van der Waals surface area contributed by atoms with Crippen LogP contribution < -0.4 is 0 Å². The van der Waals surface area contributed by atoms with Crippen LogP contribution in [0.1, 0.15) is 28.3 Å². The molecule has 1 radical (unpaired) electrons. The maximum Gasteiger partial charge on any atom is 0.0659 e. The Hall–Kier alpha value is -4.11. The molecule has 0 saturated heterocycles. The number of terminal acetylenes is 1. The van der Waals surface area contributed by atoms with E-state index in [2.05, 4.69) is 62.3 Å². The first-order valence-electron chi connectivity index (χ1n) is 10.2. The van der Waals surface area contributed by atoms with Gasteiger partial charge in [0.05, 0.1) is 22.8 Å². The zero-order valence-electron chi connectivity index (χ0n) is 17.5. The Morgan fingerprint density at radius 2 is 1.12 bits per heavy atom. The summed E-state index contributed by atoms with van der Waals surface area (Å²) >= 11 is 0. The molecule has 0 unspecified atom stereocenters. The van der Waals surface area contributed by atoms with Crippen molar-refractivity contribution in [3.05, 3.63) is 107 Å². The molecule has 1 aromatic carbocycles. The van der Waals surface area contributed by atoms with Gasteiger partial charge in [0.2, 0.25) is 0 Å². The third-order valence-corrected chi connectivity index (χ3v) is 4.91. The Bertz CT molecular complexity index is 1440. The molecular formula is C28H19CoN4-. The Morgan fingerprint density at radius 1 is 0.636 bits per heavy atom. The first kappa shape index (κ1) is 22.1. The number of fused-ring (bicyclic) bond motifs is 8. The Labute approximate surface area is 202 Å². The van der Waals surface area contributed by atoms with Crippen molar-refractivity contribution in [1.29, 1.82) is 0 Å². The summed E-state index contributed by atoms with van der Waals surface area (Å²) in [6.07, 6.45) is 13.1. The van der Waals surface area contributed by atoms with E-state index in [4.69, 9.17) is 6.42 Å². The van der Waals surface area contributed by atoms with Crippen LogP contribution in [-0.2, 0) is 16.8 Å². The number of hydrogen-bond donors (Lipinski definition) is 2. The Kier molecular flexibility index (Phi) is 6.70. The minimum Gasteiger partial charge on any atom is -0.355 e. The number of aromatic nitrogens is 4. The van der Waals surface area contributed by atoms with E-state index in [9.17, 15) is 0 Å². The van der Waals surface area contributed by atoms with Crippen LogP contribution in [0.3, 0.4) is 0 Å². The molecule has 0 saturated carbocycles. The van der Waals surface area contributed by atoms with E-state index in [0.717, 1.165) is 50.4 Å². The van der Waals surface area contributed by atoms with Crippen molar-refractivity contribution < 1.29 is 16.8 Å². The Balaban J connectivity index is 0.000000247. The molecule has 0 fully saturated rings. The van der Waals surface area contributed by atoms with E-state index in [1.807, 2.05) is 60.7 Å². The zero-order chi connectivity index (χ0) is 21.8. The fraction of sp³-hybridized carbons (Fsp3) is 0. The molecule has 0 amide bonds. The van der Waals surface area contributed by atoms with Crippen molar-refractivity contribution in [2.45, 2.75) is 0 Å². The molecule has 8 bridgehead atoms. The predicted octanol–water partition coefficient (Wildman–Crippen LogP) is 6.12. The van der Waals surface area contributed by atoms with Crippen molar-refractivity contribution in [2.24, 2.45) is 0 Å². The van der Waals surface area contributed by atoms with Crippen LogP contribution in [0.25, 0.3) is 46.4 Å². The quantitative estimate of drug-likeness (QED) is 0.208. The number of nitrogens with one attached hydrogen (secondary N) is 2. The standard InChI is InChI=1S/C20H14N4.C8H5.Co/c1-2-14-10-16-5-6-18(23-16)12-20-8-7-19(24-20)11-17-4-3-15(22-17)9-13(1)21-14;1-2-8-6-4-3-5-7-8;/h1-12,21-22H;1,3-6H;/q;-1;. The molecule has 4 nitrogen and oxygen atoms in total. The third-order valence-electron chi connectivity index (χ3n) is 4.91. The molecule has 161 valence electrons. The van der Waals surface area contributed by atoms with E-state index >= 15 is 0 Å². The van der Waals surface area contributed by atoms with Gasteiger partial charge < -0.3 is 9.97 Å². The van der Waals surface area contributed by atoms with E-state index in [0.29, 0.717) is 0 Å². The fourth-order valence-corrected chi connectivity index (χ4v) is 3.43. The van der Waals surface area contributed by atoms with Crippen molar-refractivity contribution in [3.8, 4) is 12.3 Å². The smallest absolute Gasteiger partial charge is 0.0659 e. The second-order valence-electron chi connectivity index (χ2n) is 7.33. The van der Waals surface area contributed by atoms with Gasteiger partial charge in [-0.25, -0.2) is 9.97 Å². The van der Waals surface area contributed by atoms with Gasteiger partial charge in [0, 0.05) is 38.8 Å². The first-order valence-corrected chi connectivity index (χ1v) is 10.2. The van der Waals surface area contributed by atoms with Gasteiger partial charge in [-0.05, 0) is 72.8 Å². The number of benzene rings is 1. The van der Waals surface area contributed by atoms with Crippen molar-refractivity contribution in [3.63, 3.8) is 0 Å². The van der Waals surface area contributed by atoms with Crippen molar-refractivity contribution in [2.75, 3.05) is 0 Å². The van der Waals surface area contributed by atoms with Crippen LogP contribution in [0.4, 0.5) is 0 Å². The zero-order valence-corrected chi connectivity index (χ0v) is 18.6. The number of H-pyrrole nitrogens is 2. The van der Waals surface area contributed by atoms with E-state index in [1.54, 1.807) is 6.07 Å². The molecule has 4 aromatic rings. The SMILES string of the molecule is C#Cc1[c-]cccc1.C1=Cc2cc3ccc(cc4ccc(cc5nc(cc1n2)C=C5)[nH]4)[nH]3.[Co]. The molecule has 5 heterocycles. The maximum absolute atomic E-state index is 5.07. The van der Waals surface area contributed by atoms with Crippen LogP contribution in [0, 0.1) is 18.4 Å². The topological polar surface area (TPSA) is 57.4 Å². The summed E-state index contributed by atoms with van der Waals surface area (Å²) in [5.41, 5.74) is 8.67. The summed E-state index contributed by atoms with van der Waals surface area (Å²) in [6, 6.07) is 26.7. The van der Waals surface area contributed by atoms with E-state index < -0.39 is 0 Å². The minimum atomic E-state index is 0. The van der Waals surface area contributed by atoms with Gasteiger partial charge in [0.1, 0.15) is 0 Å². The van der Waals surface area contributed by atoms with Gasteiger partial charge >= 0.3 is 0 Å². The second-order valence-corrected chi connectivity index (χ2v) is 7.33. The molecule has 0 atom stereocenters.